The van der Waals surface area contributed by atoms with Crippen LogP contribution < -0.4 is 5.73 Å². The van der Waals surface area contributed by atoms with Crippen LogP contribution in [0.25, 0.3) is 0 Å². The zero-order chi connectivity index (χ0) is 14.9. The first-order valence-electron chi connectivity index (χ1n) is 7.10. The molecule has 0 saturated carbocycles. The summed E-state index contributed by atoms with van der Waals surface area (Å²) in [5.74, 6) is 1.78. The molecule has 0 aliphatic carbocycles. The van der Waals surface area contributed by atoms with E-state index in [2.05, 4.69) is 32.6 Å². The maximum atomic E-state index is 12.0. The Bertz CT molecular complexity index is 265. The molecule has 0 aromatic rings. The van der Waals surface area contributed by atoms with Crippen LogP contribution in [0.3, 0.4) is 0 Å². The SMILES string of the molecule is CCN(CC)CCSCC(=O)N(C)CC(C)(C)CN.Cl.Cl. The fourth-order valence-corrected chi connectivity index (χ4v) is 2.72. The van der Waals surface area contributed by atoms with Gasteiger partial charge in [0.25, 0.3) is 0 Å². The summed E-state index contributed by atoms with van der Waals surface area (Å²) in [6.07, 6.45) is 0. The van der Waals surface area contributed by atoms with E-state index in [1.54, 1.807) is 16.7 Å². The van der Waals surface area contributed by atoms with E-state index in [-0.39, 0.29) is 36.1 Å². The summed E-state index contributed by atoms with van der Waals surface area (Å²) in [6, 6.07) is 0. The zero-order valence-corrected chi connectivity index (χ0v) is 16.5. The molecule has 0 aliphatic rings. The van der Waals surface area contributed by atoms with Crippen LogP contribution in [-0.4, -0.2) is 67.0 Å². The Morgan fingerprint density at radius 3 is 2.14 bits per heavy atom. The summed E-state index contributed by atoms with van der Waals surface area (Å²) in [4.78, 5) is 16.1. The van der Waals surface area contributed by atoms with Crippen molar-refractivity contribution in [2.45, 2.75) is 27.7 Å². The number of hydrogen-bond acceptors (Lipinski definition) is 4. The second-order valence-corrected chi connectivity index (χ2v) is 6.80. The van der Waals surface area contributed by atoms with Crippen molar-refractivity contribution in [1.29, 1.82) is 0 Å². The van der Waals surface area contributed by atoms with E-state index in [0.29, 0.717) is 12.3 Å². The Labute approximate surface area is 147 Å². The lowest BCUT2D eigenvalue weighted by atomic mass is 9.93. The molecule has 0 aliphatic heterocycles. The molecule has 7 heteroatoms. The third kappa shape index (κ3) is 12.5. The smallest absolute Gasteiger partial charge is 0.232 e. The van der Waals surface area contributed by atoms with Gasteiger partial charge in [-0.15, -0.1) is 24.8 Å². The molecule has 0 spiro atoms. The van der Waals surface area contributed by atoms with Crippen molar-refractivity contribution in [3.8, 4) is 0 Å². The molecule has 130 valence electrons. The number of nitrogens with zero attached hydrogens (tertiary/aromatic N) is 2. The Hall–Kier alpha value is 0.320. The van der Waals surface area contributed by atoms with Gasteiger partial charge < -0.3 is 15.5 Å². The molecule has 2 N–H and O–H groups in total. The minimum atomic E-state index is -0.00367. The lowest BCUT2D eigenvalue weighted by Crippen LogP contribution is -2.40. The number of amides is 1. The van der Waals surface area contributed by atoms with E-state index in [0.717, 1.165) is 31.9 Å². The van der Waals surface area contributed by atoms with E-state index < -0.39 is 0 Å². The van der Waals surface area contributed by atoms with E-state index >= 15 is 0 Å². The predicted octanol–water partition coefficient (Wildman–Crippen LogP) is 2.35. The van der Waals surface area contributed by atoms with Crippen molar-refractivity contribution in [3.63, 3.8) is 0 Å². The topological polar surface area (TPSA) is 49.6 Å². The fraction of sp³-hybridized carbons (Fsp3) is 0.929. The van der Waals surface area contributed by atoms with Gasteiger partial charge in [-0.2, -0.15) is 11.8 Å². The highest BCUT2D eigenvalue weighted by atomic mass is 35.5. The molecule has 0 aromatic heterocycles. The maximum absolute atomic E-state index is 12.0. The Morgan fingerprint density at radius 1 is 1.19 bits per heavy atom. The molecular formula is C14H33Cl2N3OS. The summed E-state index contributed by atoms with van der Waals surface area (Å²) >= 11 is 1.72. The van der Waals surface area contributed by atoms with Gasteiger partial charge in [0, 0.05) is 25.9 Å². The molecule has 0 saturated heterocycles. The minimum Gasteiger partial charge on any atom is -0.344 e. The average Bonchev–Trinajstić information content (AvgIpc) is 2.38. The first kappa shape index (κ1) is 26.2. The second kappa shape index (κ2) is 13.9. The van der Waals surface area contributed by atoms with E-state index in [1.807, 2.05) is 7.05 Å². The van der Waals surface area contributed by atoms with Crippen LogP contribution in [0.5, 0.6) is 0 Å². The molecular weight excluding hydrogens is 329 g/mol. The van der Waals surface area contributed by atoms with Gasteiger partial charge in [-0.3, -0.25) is 4.79 Å². The Balaban J connectivity index is -0.00000162. The van der Waals surface area contributed by atoms with Crippen molar-refractivity contribution in [2.75, 3.05) is 51.3 Å². The molecule has 0 aromatic carbocycles. The molecule has 21 heavy (non-hydrogen) atoms. The monoisotopic (exact) mass is 361 g/mol. The molecule has 0 rings (SSSR count). The highest BCUT2D eigenvalue weighted by molar-refractivity contribution is 7.99. The summed E-state index contributed by atoms with van der Waals surface area (Å²) in [7, 11) is 1.87. The van der Waals surface area contributed by atoms with Crippen LogP contribution in [0.15, 0.2) is 0 Å². The fourth-order valence-electron chi connectivity index (χ4n) is 1.80. The van der Waals surface area contributed by atoms with Crippen LogP contribution in [0.1, 0.15) is 27.7 Å². The highest BCUT2D eigenvalue weighted by Crippen LogP contribution is 2.14. The quantitative estimate of drug-likeness (QED) is 0.606. The summed E-state index contributed by atoms with van der Waals surface area (Å²) < 4.78 is 0. The molecule has 0 unspecified atom stereocenters. The standard InChI is InChI=1S/C14H31N3OS.2ClH/c1-6-17(7-2)8-9-19-10-13(18)16(5)12-14(3,4)11-15;;/h6-12,15H2,1-5H3;2*1H. The summed E-state index contributed by atoms with van der Waals surface area (Å²) in [5.41, 5.74) is 5.69. The highest BCUT2D eigenvalue weighted by Gasteiger charge is 2.20. The van der Waals surface area contributed by atoms with Gasteiger partial charge in [0.1, 0.15) is 0 Å². The lowest BCUT2D eigenvalue weighted by molar-refractivity contribution is -0.128. The van der Waals surface area contributed by atoms with E-state index in [9.17, 15) is 4.79 Å². The Kier molecular flexibility index (Phi) is 17.4. The van der Waals surface area contributed by atoms with Gasteiger partial charge in [0.15, 0.2) is 0 Å². The van der Waals surface area contributed by atoms with Gasteiger partial charge in [0.2, 0.25) is 5.91 Å². The predicted molar refractivity (Wildman–Crippen MR) is 100 cm³/mol. The van der Waals surface area contributed by atoms with Crippen LogP contribution in [0.4, 0.5) is 0 Å². The molecule has 1 amide bonds. The number of rotatable bonds is 10. The van der Waals surface area contributed by atoms with Crippen LogP contribution in [0, 0.1) is 5.41 Å². The average molecular weight is 362 g/mol. The summed E-state index contributed by atoms with van der Waals surface area (Å²) in [5, 5.41) is 0. The van der Waals surface area contributed by atoms with Gasteiger partial charge >= 0.3 is 0 Å². The van der Waals surface area contributed by atoms with E-state index in [4.69, 9.17) is 5.73 Å². The third-order valence-electron chi connectivity index (χ3n) is 3.32. The third-order valence-corrected chi connectivity index (χ3v) is 4.24. The number of carbonyl (C=O) groups excluding carboxylic acids is 1. The van der Waals surface area contributed by atoms with Crippen molar-refractivity contribution in [3.05, 3.63) is 0 Å². The Morgan fingerprint density at radius 2 is 1.71 bits per heavy atom. The zero-order valence-electron chi connectivity index (χ0n) is 14.1. The van der Waals surface area contributed by atoms with Crippen molar-refractivity contribution < 1.29 is 4.79 Å². The molecule has 0 bridgehead atoms. The summed E-state index contributed by atoms with van der Waals surface area (Å²) in [6.45, 7) is 13.0. The van der Waals surface area contributed by atoms with Crippen molar-refractivity contribution in [1.82, 2.24) is 9.80 Å². The largest absolute Gasteiger partial charge is 0.344 e. The van der Waals surface area contributed by atoms with Crippen LogP contribution in [0.2, 0.25) is 0 Å². The number of carbonyl (C=O) groups is 1. The van der Waals surface area contributed by atoms with Gasteiger partial charge in [-0.1, -0.05) is 27.7 Å². The van der Waals surface area contributed by atoms with Crippen LogP contribution >= 0.6 is 36.6 Å². The number of thioether (sulfide) groups is 1. The molecule has 0 radical (unpaired) electrons. The van der Waals surface area contributed by atoms with Crippen molar-refractivity contribution in [2.24, 2.45) is 11.1 Å². The normalized spacial score (nSPS) is 10.8. The number of nitrogens with two attached hydrogens (primary N) is 1. The molecule has 0 heterocycles. The van der Waals surface area contributed by atoms with Crippen LogP contribution in [-0.2, 0) is 4.79 Å². The first-order chi connectivity index (χ1) is 8.86. The van der Waals surface area contributed by atoms with Gasteiger partial charge in [-0.25, -0.2) is 0 Å². The number of halogens is 2. The first-order valence-corrected chi connectivity index (χ1v) is 8.26. The molecule has 4 nitrogen and oxygen atoms in total. The van der Waals surface area contributed by atoms with E-state index in [1.165, 1.54) is 0 Å². The minimum absolute atomic E-state index is 0. The van der Waals surface area contributed by atoms with Gasteiger partial charge in [-0.05, 0) is 25.0 Å². The maximum Gasteiger partial charge on any atom is 0.232 e. The lowest BCUT2D eigenvalue weighted by Gasteiger charge is -2.29. The second-order valence-electron chi connectivity index (χ2n) is 5.70. The van der Waals surface area contributed by atoms with Crippen molar-refractivity contribution >= 4 is 42.5 Å². The van der Waals surface area contributed by atoms with Gasteiger partial charge in [0.05, 0.1) is 5.75 Å². The molecule has 0 atom stereocenters. The molecule has 0 fully saturated rings. The number of hydrogen-bond donors (Lipinski definition) is 1.